The first-order chi connectivity index (χ1) is 8.74. The van der Waals surface area contributed by atoms with Crippen molar-refractivity contribution < 1.29 is 0 Å². The molecule has 0 saturated carbocycles. The van der Waals surface area contributed by atoms with Crippen molar-refractivity contribution in [2.24, 2.45) is 0 Å². The molecule has 0 fully saturated rings. The first-order valence-corrected chi connectivity index (χ1v) is 7.42. The molecule has 18 heavy (non-hydrogen) atoms. The Kier molecular flexibility index (Phi) is 3.07. The summed E-state index contributed by atoms with van der Waals surface area (Å²) in [6, 6.07) is 9.69. The number of nitrogens with zero attached hydrogens (tertiary/aromatic N) is 1. The number of nitrogens with two attached hydrogens (primary N) is 1. The van der Waals surface area contributed by atoms with Crippen LogP contribution in [0.4, 0.5) is 5.69 Å². The fourth-order valence-corrected chi connectivity index (χ4v) is 3.42. The Balaban J connectivity index is 2.02. The van der Waals surface area contributed by atoms with E-state index >= 15 is 0 Å². The van der Waals surface area contributed by atoms with Gasteiger partial charge in [-0.15, -0.1) is 22.7 Å². The highest BCUT2D eigenvalue weighted by Crippen LogP contribution is 2.34. The predicted octanol–water partition coefficient (Wildman–Crippen LogP) is 4.77. The van der Waals surface area contributed by atoms with Gasteiger partial charge in [0.15, 0.2) is 0 Å². The minimum atomic E-state index is 0.752. The minimum Gasteiger partial charge on any atom is -0.398 e. The SMILES string of the molecule is Nc1ccccc1-c1nc(-c2csc(Cl)c2)cs1. The van der Waals surface area contributed by atoms with Crippen molar-refractivity contribution in [3.8, 4) is 21.8 Å². The molecule has 90 valence electrons. The maximum Gasteiger partial charge on any atom is 0.126 e. The van der Waals surface area contributed by atoms with Gasteiger partial charge < -0.3 is 5.73 Å². The van der Waals surface area contributed by atoms with Crippen LogP contribution >= 0.6 is 34.3 Å². The Hall–Kier alpha value is -1.36. The zero-order valence-corrected chi connectivity index (χ0v) is 11.6. The predicted molar refractivity (Wildman–Crippen MR) is 80.3 cm³/mol. The Morgan fingerprint density at radius 3 is 2.67 bits per heavy atom. The van der Waals surface area contributed by atoms with E-state index in [-0.39, 0.29) is 0 Å². The maximum absolute atomic E-state index is 5.95. The molecule has 0 unspecified atom stereocenters. The van der Waals surface area contributed by atoms with Gasteiger partial charge in [-0.2, -0.15) is 0 Å². The number of rotatable bonds is 2. The summed E-state index contributed by atoms with van der Waals surface area (Å²) in [6.07, 6.45) is 0. The third-order valence-electron chi connectivity index (χ3n) is 2.56. The van der Waals surface area contributed by atoms with Gasteiger partial charge in [-0.25, -0.2) is 4.98 Å². The third kappa shape index (κ3) is 2.14. The molecule has 0 bridgehead atoms. The number of hydrogen-bond acceptors (Lipinski definition) is 4. The zero-order chi connectivity index (χ0) is 12.5. The third-order valence-corrected chi connectivity index (χ3v) is 4.53. The van der Waals surface area contributed by atoms with Gasteiger partial charge in [0.2, 0.25) is 0 Å². The lowest BCUT2D eigenvalue weighted by Crippen LogP contribution is -1.88. The Morgan fingerprint density at radius 2 is 1.94 bits per heavy atom. The van der Waals surface area contributed by atoms with Gasteiger partial charge in [0.25, 0.3) is 0 Å². The lowest BCUT2D eigenvalue weighted by Gasteiger charge is -2.00. The molecule has 0 saturated heterocycles. The maximum atomic E-state index is 5.95. The summed E-state index contributed by atoms with van der Waals surface area (Å²) in [7, 11) is 0. The van der Waals surface area contributed by atoms with E-state index in [4.69, 9.17) is 17.3 Å². The highest BCUT2D eigenvalue weighted by molar-refractivity contribution is 7.15. The highest BCUT2D eigenvalue weighted by Gasteiger charge is 2.09. The van der Waals surface area contributed by atoms with Crippen LogP contribution in [-0.2, 0) is 0 Å². The molecule has 2 heterocycles. The summed E-state index contributed by atoms with van der Waals surface area (Å²) in [5.74, 6) is 0. The molecule has 3 aromatic rings. The molecule has 5 heteroatoms. The number of halogens is 1. The average molecular weight is 293 g/mol. The fraction of sp³-hybridized carbons (Fsp3) is 0. The van der Waals surface area contributed by atoms with Crippen LogP contribution in [0.25, 0.3) is 21.8 Å². The van der Waals surface area contributed by atoms with Crippen LogP contribution in [-0.4, -0.2) is 4.98 Å². The van der Waals surface area contributed by atoms with Gasteiger partial charge in [-0.05, 0) is 18.2 Å². The molecule has 0 aliphatic carbocycles. The number of thiazole rings is 1. The molecule has 2 aromatic heterocycles. The second kappa shape index (κ2) is 4.72. The quantitative estimate of drug-likeness (QED) is 0.691. The van der Waals surface area contributed by atoms with Crippen LogP contribution in [0.15, 0.2) is 41.1 Å². The van der Waals surface area contributed by atoms with E-state index in [9.17, 15) is 0 Å². The molecule has 0 radical (unpaired) electrons. The van der Waals surface area contributed by atoms with E-state index < -0.39 is 0 Å². The van der Waals surface area contributed by atoms with Gasteiger partial charge in [-0.3, -0.25) is 0 Å². The van der Waals surface area contributed by atoms with Gasteiger partial charge in [-0.1, -0.05) is 23.7 Å². The van der Waals surface area contributed by atoms with Gasteiger partial charge in [0.05, 0.1) is 10.0 Å². The number of anilines is 1. The fourth-order valence-electron chi connectivity index (χ4n) is 1.67. The molecule has 0 spiro atoms. The molecule has 1 aromatic carbocycles. The van der Waals surface area contributed by atoms with Crippen LogP contribution < -0.4 is 5.73 Å². The van der Waals surface area contributed by atoms with Crippen molar-refractivity contribution in [3.63, 3.8) is 0 Å². The van der Waals surface area contributed by atoms with Crippen molar-refractivity contribution in [2.75, 3.05) is 5.73 Å². The average Bonchev–Trinajstić information content (AvgIpc) is 2.98. The molecule has 0 aliphatic rings. The topological polar surface area (TPSA) is 38.9 Å². The normalized spacial score (nSPS) is 10.7. The van der Waals surface area contributed by atoms with Crippen LogP contribution in [0.2, 0.25) is 4.34 Å². The van der Waals surface area contributed by atoms with Gasteiger partial charge in [0.1, 0.15) is 5.01 Å². The van der Waals surface area contributed by atoms with E-state index in [2.05, 4.69) is 4.98 Å². The summed E-state index contributed by atoms with van der Waals surface area (Å²) in [6.45, 7) is 0. The van der Waals surface area contributed by atoms with Gasteiger partial charge >= 0.3 is 0 Å². The minimum absolute atomic E-state index is 0.752. The lowest BCUT2D eigenvalue weighted by atomic mass is 10.2. The highest BCUT2D eigenvalue weighted by atomic mass is 35.5. The van der Waals surface area contributed by atoms with Gasteiger partial charge in [0, 0.05) is 27.6 Å². The molecule has 0 atom stereocenters. The van der Waals surface area contributed by atoms with Crippen LogP contribution in [0.3, 0.4) is 0 Å². The molecule has 2 N–H and O–H groups in total. The smallest absolute Gasteiger partial charge is 0.126 e. The number of aromatic nitrogens is 1. The van der Waals surface area contributed by atoms with Crippen molar-refractivity contribution >= 4 is 40.0 Å². The number of nitrogen functional groups attached to an aromatic ring is 1. The molecular formula is C13H9ClN2S2. The monoisotopic (exact) mass is 292 g/mol. The van der Waals surface area contributed by atoms with Crippen molar-refractivity contribution in [3.05, 3.63) is 45.4 Å². The molecular weight excluding hydrogens is 284 g/mol. The molecule has 2 nitrogen and oxygen atoms in total. The summed E-state index contributed by atoms with van der Waals surface area (Å²) in [5, 5.41) is 4.97. The second-order valence-corrected chi connectivity index (χ2v) is 6.17. The first-order valence-electron chi connectivity index (χ1n) is 5.29. The summed E-state index contributed by atoms with van der Waals surface area (Å²) >= 11 is 9.04. The Bertz CT molecular complexity index is 688. The summed E-state index contributed by atoms with van der Waals surface area (Å²) in [4.78, 5) is 4.61. The van der Waals surface area contributed by atoms with E-state index in [0.29, 0.717) is 0 Å². The Labute approximate surface area is 118 Å². The number of thiophene rings is 1. The molecule has 3 rings (SSSR count). The van der Waals surface area contributed by atoms with Crippen molar-refractivity contribution in [1.29, 1.82) is 0 Å². The van der Waals surface area contributed by atoms with Crippen LogP contribution in [0.1, 0.15) is 0 Å². The first kappa shape index (κ1) is 11.7. The van der Waals surface area contributed by atoms with E-state index in [1.807, 2.05) is 41.1 Å². The van der Waals surface area contributed by atoms with Crippen LogP contribution in [0, 0.1) is 0 Å². The summed E-state index contributed by atoms with van der Waals surface area (Å²) in [5.41, 5.74) is 9.69. The number of benzene rings is 1. The van der Waals surface area contributed by atoms with Crippen LogP contribution in [0.5, 0.6) is 0 Å². The standard InChI is InChI=1S/C13H9ClN2S2/c14-12-5-8(6-17-12)11-7-18-13(16-11)9-3-1-2-4-10(9)15/h1-7H,15H2. The zero-order valence-electron chi connectivity index (χ0n) is 9.26. The Morgan fingerprint density at radius 1 is 1.11 bits per heavy atom. The van der Waals surface area contributed by atoms with E-state index in [1.54, 1.807) is 11.3 Å². The van der Waals surface area contributed by atoms with Crippen molar-refractivity contribution in [2.45, 2.75) is 0 Å². The van der Waals surface area contributed by atoms with Crippen molar-refractivity contribution in [1.82, 2.24) is 4.98 Å². The number of hydrogen-bond donors (Lipinski definition) is 1. The van der Waals surface area contributed by atoms with E-state index in [1.165, 1.54) is 11.3 Å². The second-order valence-electron chi connectivity index (χ2n) is 3.76. The summed E-state index contributed by atoms with van der Waals surface area (Å²) < 4.78 is 0.777. The largest absolute Gasteiger partial charge is 0.398 e. The van der Waals surface area contributed by atoms with E-state index in [0.717, 1.165) is 31.9 Å². The molecule has 0 amide bonds. The number of para-hydroxylation sites is 1. The lowest BCUT2D eigenvalue weighted by molar-refractivity contribution is 1.41. The molecule has 0 aliphatic heterocycles.